The second-order valence-corrected chi connectivity index (χ2v) is 5.54. The van der Waals surface area contributed by atoms with Gasteiger partial charge in [-0.05, 0) is 32.0 Å². The van der Waals surface area contributed by atoms with Crippen molar-refractivity contribution in [3.8, 4) is 5.75 Å². The molecule has 4 nitrogen and oxygen atoms in total. The number of phosphoric ester groups is 1. The van der Waals surface area contributed by atoms with E-state index in [-0.39, 0.29) is 18.2 Å². The third-order valence-electron chi connectivity index (χ3n) is 2.03. The van der Waals surface area contributed by atoms with Crippen molar-refractivity contribution in [3.63, 3.8) is 0 Å². The Balaban J connectivity index is 3.16. The predicted molar refractivity (Wildman–Crippen MR) is 67.9 cm³/mol. The highest BCUT2D eigenvalue weighted by atomic mass is 35.5. The van der Waals surface area contributed by atoms with Crippen LogP contribution >= 0.6 is 19.4 Å². The Hall–Kier alpha value is -0.750. The first-order valence-electron chi connectivity index (χ1n) is 5.67. The molecule has 0 aliphatic carbocycles. The molecule has 0 aromatic heterocycles. The summed E-state index contributed by atoms with van der Waals surface area (Å²) in [7, 11) is -4.10. The van der Waals surface area contributed by atoms with Gasteiger partial charge in [0.1, 0.15) is 5.75 Å². The maximum absolute atomic E-state index is 12.9. The van der Waals surface area contributed by atoms with E-state index in [9.17, 15) is 17.7 Å². The molecule has 1 aromatic rings. The van der Waals surface area contributed by atoms with Gasteiger partial charge < -0.3 is 4.52 Å². The van der Waals surface area contributed by atoms with Crippen molar-refractivity contribution >= 4 is 19.4 Å². The Morgan fingerprint density at radius 2 is 1.75 bits per heavy atom. The Morgan fingerprint density at radius 1 is 1.20 bits per heavy atom. The molecule has 0 unspecified atom stereocenters. The topological polar surface area (TPSA) is 44.8 Å². The van der Waals surface area contributed by atoms with Gasteiger partial charge in [-0.3, -0.25) is 9.05 Å². The van der Waals surface area contributed by atoms with Gasteiger partial charge in [0.15, 0.2) is 0 Å². The minimum atomic E-state index is -4.70. The van der Waals surface area contributed by atoms with Crippen molar-refractivity contribution in [2.45, 2.75) is 20.0 Å². The quantitative estimate of drug-likeness (QED) is 0.694. The predicted octanol–water partition coefficient (Wildman–Crippen LogP) is 4.92. The minimum absolute atomic E-state index is 0.0355. The van der Waals surface area contributed by atoms with E-state index in [2.05, 4.69) is 0 Å². The van der Waals surface area contributed by atoms with Crippen LogP contribution in [0.5, 0.6) is 5.75 Å². The second-order valence-electron chi connectivity index (χ2n) is 3.51. The van der Waals surface area contributed by atoms with Crippen LogP contribution in [0.4, 0.5) is 13.2 Å². The summed E-state index contributed by atoms with van der Waals surface area (Å²) in [4.78, 5) is 0. The summed E-state index contributed by atoms with van der Waals surface area (Å²) in [5.41, 5.74) is -1.15. The smallest absolute Gasteiger partial charge is 0.403 e. The molecule has 0 aliphatic rings. The Labute approximate surface area is 119 Å². The van der Waals surface area contributed by atoms with Gasteiger partial charge in [0, 0.05) is 5.02 Å². The minimum Gasteiger partial charge on any atom is -0.403 e. The average Bonchev–Trinajstić information content (AvgIpc) is 2.30. The molecule has 1 rings (SSSR count). The molecule has 0 bridgehead atoms. The van der Waals surface area contributed by atoms with Crippen LogP contribution in [0.3, 0.4) is 0 Å². The van der Waals surface area contributed by atoms with Crippen LogP contribution in [-0.2, 0) is 19.8 Å². The van der Waals surface area contributed by atoms with Crippen molar-refractivity contribution in [2.75, 3.05) is 13.2 Å². The zero-order valence-corrected chi connectivity index (χ0v) is 12.4. The molecule has 114 valence electrons. The zero-order chi connectivity index (χ0) is 15.4. The molecule has 20 heavy (non-hydrogen) atoms. The first-order valence-corrected chi connectivity index (χ1v) is 7.51. The molecule has 0 amide bonds. The molecule has 9 heteroatoms. The van der Waals surface area contributed by atoms with Crippen molar-refractivity contribution in [1.29, 1.82) is 0 Å². The largest absolute Gasteiger partial charge is 0.530 e. The Bertz CT molecular complexity index is 497. The Morgan fingerprint density at radius 3 is 2.20 bits per heavy atom. The summed E-state index contributed by atoms with van der Waals surface area (Å²) >= 11 is 5.53. The van der Waals surface area contributed by atoms with Crippen molar-refractivity contribution in [1.82, 2.24) is 0 Å². The third-order valence-corrected chi connectivity index (χ3v) is 3.84. The molecule has 0 fully saturated rings. The molecule has 0 aliphatic heterocycles. The number of hydrogen-bond donors (Lipinski definition) is 0. The highest BCUT2D eigenvalue weighted by Crippen LogP contribution is 2.52. The molecule has 1 aromatic carbocycles. The van der Waals surface area contributed by atoms with E-state index in [0.717, 1.165) is 6.07 Å². The van der Waals surface area contributed by atoms with E-state index in [1.54, 1.807) is 0 Å². The molecular formula is C11H13ClF3O4P. The maximum atomic E-state index is 12.9. The van der Waals surface area contributed by atoms with Crippen LogP contribution in [-0.4, -0.2) is 13.2 Å². The Kier molecular flexibility index (Phi) is 5.89. The average molecular weight is 333 g/mol. The summed E-state index contributed by atoms with van der Waals surface area (Å²) in [5, 5.41) is -0.118. The van der Waals surface area contributed by atoms with E-state index < -0.39 is 25.3 Å². The second kappa shape index (κ2) is 6.80. The van der Waals surface area contributed by atoms with Gasteiger partial charge in [0.05, 0.1) is 18.8 Å². The number of rotatable bonds is 6. The lowest BCUT2D eigenvalue weighted by Gasteiger charge is -2.19. The van der Waals surface area contributed by atoms with Gasteiger partial charge in [-0.15, -0.1) is 0 Å². The lowest BCUT2D eigenvalue weighted by Crippen LogP contribution is -2.10. The van der Waals surface area contributed by atoms with Crippen LogP contribution in [0, 0.1) is 0 Å². The van der Waals surface area contributed by atoms with Crippen molar-refractivity contribution < 1.29 is 31.3 Å². The number of halogens is 4. The summed E-state index contributed by atoms with van der Waals surface area (Å²) in [6.45, 7) is 2.96. The molecule has 0 spiro atoms. The normalized spacial score (nSPS) is 12.5. The highest BCUT2D eigenvalue weighted by molar-refractivity contribution is 7.48. The fraction of sp³-hybridized carbons (Fsp3) is 0.455. The summed E-state index contributed by atoms with van der Waals surface area (Å²) < 4.78 is 65.1. The van der Waals surface area contributed by atoms with E-state index >= 15 is 0 Å². The summed E-state index contributed by atoms with van der Waals surface area (Å²) in [6, 6.07) is 2.84. The number of hydrogen-bond acceptors (Lipinski definition) is 4. The number of benzene rings is 1. The number of phosphoric acid groups is 1. The molecule has 0 saturated heterocycles. The lowest BCUT2D eigenvalue weighted by atomic mass is 10.2. The molecular weight excluding hydrogens is 320 g/mol. The maximum Gasteiger partial charge on any atom is 0.530 e. The standard InChI is InChI=1S/C11H13ClF3O4P/c1-3-17-20(16,18-4-2)19-10-6-5-8(12)7-9(10)11(13,14)15/h5-7H,3-4H2,1-2H3. The van der Waals surface area contributed by atoms with Gasteiger partial charge in [-0.25, -0.2) is 4.57 Å². The van der Waals surface area contributed by atoms with E-state index in [1.165, 1.54) is 19.9 Å². The van der Waals surface area contributed by atoms with Gasteiger partial charge in [0.25, 0.3) is 0 Å². The van der Waals surface area contributed by atoms with Crippen LogP contribution < -0.4 is 4.52 Å². The molecule has 0 N–H and O–H groups in total. The molecule has 0 atom stereocenters. The third kappa shape index (κ3) is 4.66. The van der Waals surface area contributed by atoms with E-state index in [4.69, 9.17) is 25.2 Å². The zero-order valence-electron chi connectivity index (χ0n) is 10.7. The monoisotopic (exact) mass is 332 g/mol. The fourth-order valence-corrected chi connectivity index (χ4v) is 2.71. The van der Waals surface area contributed by atoms with Crippen LogP contribution in [0.25, 0.3) is 0 Å². The summed E-state index contributed by atoms with van der Waals surface area (Å²) in [6.07, 6.45) is -4.70. The van der Waals surface area contributed by atoms with Crippen molar-refractivity contribution in [3.05, 3.63) is 28.8 Å². The van der Waals surface area contributed by atoms with Gasteiger partial charge in [-0.1, -0.05) is 11.6 Å². The first kappa shape index (κ1) is 17.3. The van der Waals surface area contributed by atoms with E-state index in [1.807, 2.05) is 0 Å². The SMILES string of the molecule is CCOP(=O)(OCC)Oc1ccc(Cl)cc1C(F)(F)F. The van der Waals surface area contributed by atoms with Crippen LogP contribution in [0.1, 0.15) is 19.4 Å². The molecule has 0 radical (unpaired) electrons. The number of alkyl halides is 3. The lowest BCUT2D eigenvalue weighted by molar-refractivity contribution is -0.138. The van der Waals surface area contributed by atoms with Gasteiger partial charge in [-0.2, -0.15) is 13.2 Å². The molecule has 0 heterocycles. The van der Waals surface area contributed by atoms with Crippen LogP contribution in [0.2, 0.25) is 5.02 Å². The highest BCUT2D eigenvalue weighted by Gasteiger charge is 2.38. The first-order chi connectivity index (χ1) is 9.22. The van der Waals surface area contributed by atoms with Crippen LogP contribution in [0.15, 0.2) is 18.2 Å². The van der Waals surface area contributed by atoms with Gasteiger partial charge in [0.2, 0.25) is 0 Å². The fourth-order valence-electron chi connectivity index (χ4n) is 1.33. The summed E-state index contributed by atoms with van der Waals surface area (Å²) in [5.74, 6) is -0.660. The van der Waals surface area contributed by atoms with Crippen molar-refractivity contribution in [2.24, 2.45) is 0 Å². The van der Waals surface area contributed by atoms with Gasteiger partial charge >= 0.3 is 14.0 Å². The van der Waals surface area contributed by atoms with E-state index in [0.29, 0.717) is 6.07 Å². The molecule has 0 saturated carbocycles.